The summed E-state index contributed by atoms with van der Waals surface area (Å²) >= 11 is 1.03. The number of hydrogen-bond donors (Lipinski definition) is 3. The quantitative estimate of drug-likeness (QED) is 0.632. The first-order chi connectivity index (χ1) is 8.93. The van der Waals surface area contributed by atoms with Crippen LogP contribution < -0.4 is 11.2 Å². The van der Waals surface area contributed by atoms with Gasteiger partial charge in [-0.25, -0.2) is 4.79 Å². The van der Waals surface area contributed by atoms with Gasteiger partial charge in [0, 0.05) is 18.2 Å². The van der Waals surface area contributed by atoms with E-state index in [2.05, 4.69) is 4.98 Å². The fraction of sp³-hybridized carbons (Fsp3) is 0.545. The lowest BCUT2D eigenvalue weighted by Gasteiger charge is -2.22. The molecule has 1 aliphatic rings. The maximum absolute atomic E-state index is 11.8. The molecule has 3 unspecified atom stereocenters. The lowest BCUT2D eigenvalue weighted by atomic mass is 10.1. The van der Waals surface area contributed by atoms with Crippen LogP contribution in [0.15, 0.2) is 15.8 Å². The van der Waals surface area contributed by atoms with Gasteiger partial charge >= 0.3 is 5.69 Å². The zero-order valence-corrected chi connectivity index (χ0v) is 11.0. The highest BCUT2D eigenvalue weighted by Gasteiger charge is 2.48. The van der Waals surface area contributed by atoms with Gasteiger partial charge in [-0.2, -0.15) is 5.26 Å². The molecule has 3 atom stereocenters. The molecule has 1 fully saturated rings. The molecule has 0 saturated carbocycles. The first kappa shape index (κ1) is 13.9. The summed E-state index contributed by atoms with van der Waals surface area (Å²) in [4.78, 5) is 24.0. The Kier molecular flexibility index (Phi) is 3.54. The Hall–Kier alpha value is -1.56. The first-order valence-electron chi connectivity index (χ1n) is 5.64. The Morgan fingerprint density at radius 2 is 2.37 bits per heavy atom. The molecule has 0 amide bonds. The average molecular weight is 283 g/mol. The van der Waals surface area contributed by atoms with Crippen molar-refractivity contribution < 1.29 is 10.2 Å². The summed E-state index contributed by atoms with van der Waals surface area (Å²) in [6.07, 6.45) is 0.447. The fourth-order valence-corrected chi connectivity index (χ4v) is 3.46. The minimum Gasteiger partial charge on any atom is -0.395 e. The highest BCUT2D eigenvalue weighted by molar-refractivity contribution is 8.01. The van der Waals surface area contributed by atoms with E-state index >= 15 is 0 Å². The van der Waals surface area contributed by atoms with Gasteiger partial charge in [0.2, 0.25) is 0 Å². The van der Waals surface area contributed by atoms with Gasteiger partial charge in [-0.05, 0) is 6.92 Å². The van der Waals surface area contributed by atoms with E-state index in [1.165, 1.54) is 13.1 Å². The van der Waals surface area contributed by atoms with Crippen LogP contribution in [-0.4, -0.2) is 37.7 Å². The number of aromatic nitrogens is 2. The molecule has 0 aromatic carbocycles. The van der Waals surface area contributed by atoms with Crippen molar-refractivity contribution in [2.45, 2.75) is 29.6 Å². The number of aliphatic hydroxyl groups is 2. The van der Waals surface area contributed by atoms with Crippen LogP contribution in [0.25, 0.3) is 0 Å². The molecule has 1 saturated heterocycles. The molecule has 0 spiro atoms. The van der Waals surface area contributed by atoms with Gasteiger partial charge in [-0.1, -0.05) is 0 Å². The third-order valence-corrected chi connectivity index (χ3v) is 4.74. The molecule has 0 aliphatic carbocycles. The molecule has 2 rings (SSSR count). The Morgan fingerprint density at radius 3 is 2.89 bits per heavy atom. The van der Waals surface area contributed by atoms with E-state index in [9.17, 15) is 20.0 Å². The highest BCUT2D eigenvalue weighted by atomic mass is 32.2. The standard InChI is InChI=1S/C11H13N3O4S/c1-6-3-14(10(18)13-9(6)17)11(5-12)2-7(16)8(4-15)19-11/h3,7-8,15-16H,2,4H2,1H3,(H,13,17,18). The summed E-state index contributed by atoms with van der Waals surface area (Å²) in [6.45, 7) is 1.24. The van der Waals surface area contributed by atoms with Gasteiger partial charge in [-0.3, -0.25) is 14.3 Å². The Balaban J connectivity index is 2.56. The van der Waals surface area contributed by atoms with E-state index in [1.807, 2.05) is 6.07 Å². The van der Waals surface area contributed by atoms with Crippen LogP contribution in [0.5, 0.6) is 0 Å². The van der Waals surface area contributed by atoms with Crippen LogP contribution in [-0.2, 0) is 4.87 Å². The molecule has 0 radical (unpaired) electrons. The Bertz CT molecular complexity index is 647. The lowest BCUT2D eigenvalue weighted by Crippen LogP contribution is -2.41. The SMILES string of the molecule is Cc1cn(C2(C#N)CC(O)C(CO)S2)c(=O)[nH]c1=O. The number of nitrogens with zero attached hydrogens (tertiary/aromatic N) is 2. The molecule has 7 nitrogen and oxygen atoms in total. The van der Waals surface area contributed by atoms with Gasteiger partial charge in [0.05, 0.1) is 18.0 Å². The van der Waals surface area contributed by atoms with E-state index in [1.54, 1.807) is 0 Å². The van der Waals surface area contributed by atoms with E-state index in [-0.39, 0.29) is 13.0 Å². The van der Waals surface area contributed by atoms with Gasteiger partial charge < -0.3 is 10.2 Å². The number of nitrogens with one attached hydrogen (secondary N) is 1. The Labute approximate surface area is 112 Å². The summed E-state index contributed by atoms with van der Waals surface area (Å²) in [5, 5.41) is 27.8. The number of aromatic amines is 1. The Morgan fingerprint density at radius 1 is 1.68 bits per heavy atom. The van der Waals surface area contributed by atoms with E-state index in [0.29, 0.717) is 5.56 Å². The van der Waals surface area contributed by atoms with E-state index in [0.717, 1.165) is 16.3 Å². The van der Waals surface area contributed by atoms with E-state index in [4.69, 9.17) is 5.11 Å². The molecular formula is C11H13N3O4S. The van der Waals surface area contributed by atoms with Gasteiger partial charge in [0.15, 0.2) is 4.87 Å². The van der Waals surface area contributed by atoms with Gasteiger partial charge in [0.1, 0.15) is 6.07 Å². The molecule has 19 heavy (non-hydrogen) atoms. The summed E-state index contributed by atoms with van der Waals surface area (Å²) < 4.78 is 1.12. The van der Waals surface area contributed by atoms with Crippen molar-refractivity contribution in [2.75, 3.05) is 6.61 Å². The van der Waals surface area contributed by atoms with Crippen LogP contribution in [0.3, 0.4) is 0 Å². The second kappa shape index (κ2) is 4.85. The minimum absolute atomic E-state index is 0.0186. The molecule has 1 aliphatic heterocycles. The number of nitriles is 1. The largest absolute Gasteiger partial charge is 0.395 e. The monoisotopic (exact) mass is 283 g/mol. The molecule has 0 bridgehead atoms. The second-order valence-corrected chi connectivity index (χ2v) is 5.96. The van der Waals surface area contributed by atoms with Crippen molar-refractivity contribution in [3.8, 4) is 6.07 Å². The van der Waals surface area contributed by atoms with Crippen molar-refractivity contribution in [3.05, 3.63) is 32.6 Å². The zero-order valence-electron chi connectivity index (χ0n) is 10.2. The van der Waals surface area contributed by atoms with Crippen molar-refractivity contribution >= 4 is 11.8 Å². The van der Waals surface area contributed by atoms with Crippen molar-refractivity contribution in [3.63, 3.8) is 0 Å². The molecule has 8 heteroatoms. The van der Waals surface area contributed by atoms with Crippen LogP contribution >= 0.6 is 11.8 Å². The maximum atomic E-state index is 11.8. The fourth-order valence-electron chi connectivity index (χ4n) is 2.07. The number of aryl methyl sites for hydroxylation is 1. The van der Waals surface area contributed by atoms with Gasteiger partial charge in [-0.15, -0.1) is 11.8 Å². The van der Waals surface area contributed by atoms with Gasteiger partial charge in [0.25, 0.3) is 5.56 Å². The second-order valence-electron chi connectivity index (χ2n) is 4.45. The molecule has 1 aromatic rings. The average Bonchev–Trinajstić information content (AvgIpc) is 2.71. The first-order valence-corrected chi connectivity index (χ1v) is 6.52. The number of rotatable bonds is 2. The van der Waals surface area contributed by atoms with Crippen LogP contribution in [0.1, 0.15) is 12.0 Å². The third kappa shape index (κ3) is 2.20. The number of H-pyrrole nitrogens is 1. The van der Waals surface area contributed by atoms with Crippen molar-refractivity contribution in [1.29, 1.82) is 5.26 Å². The predicted molar refractivity (Wildman–Crippen MR) is 68.7 cm³/mol. The zero-order chi connectivity index (χ0) is 14.2. The minimum atomic E-state index is -1.31. The lowest BCUT2D eigenvalue weighted by molar-refractivity contribution is 0.132. The van der Waals surface area contributed by atoms with E-state index < -0.39 is 27.5 Å². The van der Waals surface area contributed by atoms with Crippen LogP contribution in [0.4, 0.5) is 0 Å². The summed E-state index contributed by atoms with van der Waals surface area (Å²) in [5.74, 6) is 0. The van der Waals surface area contributed by atoms with Crippen LogP contribution in [0.2, 0.25) is 0 Å². The third-order valence-electron chi connectivity index (χ3n) is 3.13. The molecule has 2 heterocycles. The topological polar surface area (TPSA) is 119 Å². The van der Waals surface area contributed by atoms with Crippen molar-refractivity contribution in [1.82, 2.24) is 9.55 Å². The smallest absolute Gasteiger partial charge is 0.330 e. The highest BCUT2D eigenvalue weighted by Crippen LogP contribution is 2.45. The predicted octanol–water partition coefficient (Wildman–Crippen LogP) is -1.12. The van der Waals surface area contributed by atoms with Crippen molar-refractivity contribution in [2.24, 2.45) is 0 Å². The number of aliphatic hydroxyl groups excluding tert-OH is 2. The maximum Gasteiger partial charge on any atom is 0.330 e. The number of thioether (sulfide) groups is 1. The summed E-state index contributed by atoms with van der Waals surface area (Å²) in [5.41, 5.74) is -0.899. The normalized spacial score (nSPS) is 30.2. The summed E-state index contributed by atoms with van der Waals surface area (Å²) in [6, 6.07) is 2.01. The van der Waals surface area contributed by atoms with Crippen LogP contribution in [0, 0.1) is 18.3 Å². The molecular weight excluding hydrogens is 270 g/mol. The molecule has 102 valence electrons. The molecule has 3 N–H and O–H groups in total. The number of hydrogen-bond acceptors (Lipinski definition) is 6. The summed E-state index contributed by atoms with van der Waals surface area (Å²) in [7, 11) is 0. The molecule has 1 aromatic heterocycles.